The van der Waals surface area contributed by atoms with Crippen molar-refractivity contribution >= 4 is 11.9 Å². The van der Waals surface area contributed by atoms with Gasteiger partial charge in [-0.15, -0.1) is 0 Å². The molecule has 0 fully saturated rings. The van der Waals surface area contributed by atoms with Crippen LogP contribution in [0, 0.1) is 0 Å². The van der Waals surface area contributed by atoms with Gasteiger partial charge in [-0.3, -0.25) is 4.79 Å². The van der Waals surface area contributed by atoms with E-state index >= 15 is 0 Å². The Bertz CT molecular complexity index is 427. The van der Waals surface area contributed by atoms with Crippen LogP contribution in [0.15, 0.2) is 24.3 Å². The summed E-state index contributed by atoms with van der Waals surface area (Å²) in [5, 5.41) is 0. The molecule has 0 saturated heterocycles. The van der Waals surface area contributed by atoms with Crippen molar-refractivity contribution < 1.29 is 19.1 Å². The highest BCUT2D eigenvalue weighted by molar-refractivity contribution is 5.89. The van der Waals surface area contributed by atoms with E-state index < -0.39 is 0 Å². The third kappa shape index (κ3) is 9.66. The molecule has 0 aromatic heterocycles. The van der Waals surface area contributed by atoms with E-state index in [4.69, 9.17) is 4.74 Å². The van der Waals surface area contributed by atoms with Crippen LogP contribution in [0.3, 0.4) is 0 Å². The number of carbonyl (C=O) groups excluding carboxylic acids is 2. The molecule has 0 radical (unpaired) electrons. The van der Waals surface area contributed by atoms with Crippen LogP contribution in [-0.2, 0) is 20.7 Å². The van der Waals surface area contributed by atoms with Gasteiger partial charge in [-0.25, -0.2) is 4.79 Å². The summed E-state index contributed by atoms with van der Waals surface area (Å²) in [5.74, 6) is -0.437. The van der Waals surface area contributed by atoms with Crippen molar-refractivity contribution in [3.63, 3.8) is 0 Å². The van der Waals surface area contributed by atoms with E-state index in [0.29, 0.717) is 18.8 Å². The molecule has 0 bridgehead atoms. The molecule has 21 heavy (non-hydrogen) atoms. The van der Waals surface area contributed by atoms with Gasteiger partial charge < -0.3 is 9.47 Å². The Morgan fingerprint density at radius 2 is 1.71 bits per heavy atom. The van der Waals surface area contributed by atoms with Crippen molar-refractivity contribution in [2.24, 2.45) is 0 Å². The zero-order chi connectivity index (χ0) is 16.1. The standard InChI is InChI=1S/C13H18O2.C4H8O2/c1-3-5-7-11-8-6-9-12(10-11)13(14)15-4-2;1-3-6-4(2)5/h6,8-10H,3-5,7H2,1-2H3;3H2,1-2H3. The summed E-state index contributed by atoms with van der Waals surface area (Å²) in [6, 6.07) is 7.69. The first-order chi connectivity index (χ1) is 10.0. The second-order valence-corrected chi connectivity index (χ2v) is 4.45. The summed E-state index contributed by atoms with van der Waals surface area (Å²) in [4.78, 5) is 21.3. The zero-order valence-corrected chi connectivity index (χ0v) is 13.5. The van der Waals surface area contributed by atoms with Gasteiger partial charge in [0.15, 0.2) is 0 Å². The van der Waals surface area contributed by atoms with Crippen LogP contribution in [0.25, 0.3) is 0 Å². The van der Waals surface area contributed by atoms with E-state index in [0.717, 1.165) is 12.8 Å². The maximum absolute atomic E-state index is 11.4. The average molecular weight is 294 g/mol. The number of rotatable bonds is 6. The molecule has 4 nitrogen and oxygen atoms in total. The van der Waals surface area contributed by atoms with Crippen molar-refractivity contribution in [2.45, 2.75) is 47.0 Å². The molecule has 0 aliphatic rings. The maximum atomic E-state index is 11.4. The number of ether oxygens (including phenoxy) is 2. The van der Waals surface area contributed by atoms with E-state index in [-0.39, 0.29) is 11.9 Å². The molecule has 118 valence electrons. The third-order valence-corrected chi connectivity index (χ3v) is 2.60. The number of unbranched alkanes of at least 4 members (excludes halogenated alkanes) is 1. The average Bonchev–Trinajstić information content (AvgIpc) is 2.46. The fourth-order valence-corrected chi connectivity index (χ4v) is 1.65. The Kier molecular flexibility index (Phi) is 10.9. The molecular formula is C17H26O4. The molecule has 0 spiro atoms. The largest absolute Gasteiger partial charge is 0.466 e. The molecule has 1 aromatic rings. The Hall–Kier alpha value is -1.84. The number of carbonyl (C=O) groups is 2. The minimum absolute atomic E-state index is 0.211. The minimum atomic E-state index is -0.226. The predicted molar refractivity (Wildman–Crippen MR) is 83.3 cm³/mol. The fourth-order valence-electron chi connectivity index (χ4n) is 1.65. The molecule has 0 atom stereocenters. The second-order valence-electron chi connectivity index (χ2n) is 4.45. The van der Waals surface area contributed by atoms with E-state index in [1.54, 1.807) is 13.0 Å². The van der Waals surface area contributed by atoms with Crippen molar-refractivity contribution in [1.29, 1.82) is 0 Å². The maximum Gasteiger partial charge on any atom is 0.338 e. The highest BCUT2D eigenvalue weighted by Gasteiger charge is 2.05. The normalized spacial score (nSPS) is 9.33. The van der Waals surface area contributed by atoms with E-state index in [9.17, 15) is 9.59 Å². The molecule has 1 aromatic carbocycles. The van der Waals surface area contributed by atoms with Gasteiger partial charge in [0.1, 0.15) is 0 Å². The molecule has 0 heterocycles. The van der Waals surface area contributed by atoms with Gasteiger partial charge in [0.2, 0.25) is 0 Å². The van der Waals surface area contributed by atoms with Gasteiger partial charge in [0.25, 0.3) is 0 Å². The Balaban J connectivity index is 0.000000567. The predicted octanol–water partition coefficient (Wildman–Crippen LogP) is 3.78. The van der Waals surface area contributed by atoms with Gasteiger partial charge in [-0.2, -0.15) is 0 Å². The van der Waals surface area contributed by atoms with Crippen LogP contribution in [0.5, 0.6) is 0 Å². The van der Waals surface area contributed by atoms with Crippen LogP contribution in [-0.4, -0.2) is 25.2 Å². The lowest BCUT2D eigenvalue weighted by atomic mass is 10.1. The van der Waals surface area contributed by atoms with Gasteiger partial charge >= 0.3 is 11.9 Å². The summed E-state index contributed by atoms with van der Waals surface area (Å²) in [5.41, 5.74) is 1.87. The van der Waals surface area contributed by atoms with Crippen LogP contribution < -0.4 is 0 Å². The van der Waals surface area contributed by atoms with E-state index in [1.807, 2.05) is 19.1 Å². The summed E-state index contributed by atoms with van der Waals surface area (Å²) in [6.07, 6.45) is 3.36. The van der Waals surface area contributed by atoms with Crippen molar-refractivity contribution in [1.82, 2.24) is 0 Å². The Labute approximate surface area is 127 Å². The van der Waals surface area contributed by atoms with Crippen LogP contribution in [0.1, 0.15) is 56.5 Å². The van der Waals surface area contributed by atoms with Crippen LogP contribution in [0.2, 0.25) is 0 Å². The molecule has 1 rings (SSSR count). The highest BCUT2D eigenvalue weighted by Crippen LogP contribution is 2.09. The fraction of sp³-hybridized carbons (Fsp3) is 0.529. The summed E-state index contributed by atoms with van der Waals surface area (Å²) >= 11 is 0. The molecule has 0 saturated carbocycles. The smallest absolute Gasteiger partial charge is 0.338 e. The highest BCUT2D eigenvalue weighted by atomic mass is 16.5. The molecule has 0 N–H and O–H groups in total. The first-order valence-electron chi connectivity index (χ1n) is 7.44. The number of esters is 2. The summed E-state index contributed by atoms with van der Waals surface area (Å²) in [6.45, 7) is 8.06. The first kappa shape index (κ1) is 19.2. The lowest BCUT2D eigenvalue weighted by Gasteiger charge is -2.04. The van der Waals surface area contributed by atoms with E-state index in [2.05, 4.69) is 17.7 Å². The molecular weight excluding hydrogens is 268 g/mol. The lowest BCUT2D eigenvalue weighted by Crippen LogP contribution is -2.04. The third-order valence-electron chi connectivity index (χ3n) is 2.60. The van der Waals surface area contributed by atoms with Gasteiger partial charge in [0, 0.05) is 6.92 Å². The van der Waals surface area contributed by atoms with Crippen molar-refractivity contribution in [3.8, 4) is 0 Å². The van der Waals surface area contributed by atoms with Crippen molar-refractivity contribution in [3.05, 3.63) is 35.4 Å². The number of hydrogen-bond donors (Lipinski definition) is 0. The topological polar surface area (TPSA) is 52.6 Å². The number of benzene rings is 1. The van der Waals surface area contributed by atoms with Crippen LogP contribution >= 0.6 is 0 Å². The summed E-state index contributed by atoms with van der Waals surface area (Å²) < 4.78 is 9.35. The molecule has 4 heteroatoms. The monoisotopic (exact) mass is 294 g/mol. The zero-order valence-electron chi connectivity index (χ0n) is 13.5. The van der Waals surface area contributed by atoms with Gasteiger partial charge in [0.05, 0.1) is 18.8 Å². The minimum Gasteiger partial charge on any atom is -0.466 e. The Morgan fingerprint density at radius 3 is 2.19 bits per heavy atom. The lowest BCUT2D eigenvalue weighted by molar-refractivity contribution is -0.140. The Morgan fingerprint density at radius 1 is 1.05 bits per heavy atom. The first-order valence-corrected chi connectivity index (χ1v) is 7.44. The second kappa shape index (κ2) is 11.9. The van der Waals surface area contributed by atoms with Crippen LogP contribution in [0.4, 0.5) is 0 Å². The van der Waals surface area contributed by atoms with Gasteiger partial charge in [-0.05, 0) is 44.4 Å². The summed E-state index contributed by atoms with van der Waals surface area (Å²) in [7, 11) is 0. The van der Waals surface area contributed by atoms with E-state index in [1.165, 1.54) is 18.9 Å². The number of hydrogen-bond acceptors (Lipinski definition) is 4. The molecule has 0 aliphatic carbocycles. The molecule has 0 aliphatic heterocycles. The SMILES string of the molecule is CCCCc1cccc(C(=O)OCC)c1.CCOC(C)=O. The molecule has 0 unspecified atom stereocenters. The number of aryl methyl sites for hydroxylation is 1. The quantitative estimate of drug-likeness (QED) is 0.749. The van der Waals surface area contributed by atoms with Crippen molar-refractivity contribution in [2.75, 3.05) is 13.2 Å². The molecule has 0 amide bonds. The van der Waals surface area contributed by atoms with Gasteiger partial charge in [-0.1, -0.05) is 25.5 Å².